The molecule has 8 nitrogen and oxygen atoms in total. The Hall–Kier alpha value is -3.27. The van der Waals surface area contributed by atoms with Crippen molar-refractivity contribution in [1.29, 1.82) is 0 Å². The number of halogens is 1. The van der Waals surface area contributed by atoms with Crippen molar-refractivity contribution >= 4 is 21.6 Å². The maximum Gasteiger partial charge on any atom is 0.261 e. The summed E-state index contributed by atoms with van der Waals surface area (Å²) < 4.78 is 45.4. The van der Waals surface area contributed by atoms with E-state index in [0.717, 1.165) is 25.0 Å². The monoisotopic (exact) mass is 444 g/mol. The number of sulfonamides is 1. The molecular formula is C21H21FN4O4S. The van der Waals surface area contributed by atoms with Crippen LogP contribution in [0.5, 0.6) is 0 Å². The van der Waals surface area contributed by atoms with Crippen LogP contribution in [-0.4, -0.2) is 24.5 Å². The fourth-order valence-electron chi connectivity index (χ4n) is 3.68. The maximum absolute atomic E-state index is 13.0. The molecule has 2 aromatic carbocycles. The van der Waals surface area contributed by atoms with Gasteiger partial charge in [0.05, 0.1) is 4.90 Å². The fourth-order valence-corrected chi connectivity index (χ4v) is 4.74. The number of carbonyl (C=O) groups excluding carboxylic acids is 1. The van der Waals surface area contributed by atoms with Gasteiger partial charge >= 0.3 is 0 Å². The van der Waals surface area contributed by atoms with E-state index < -0.39 is 21.4 Å². The molecule has 1 aliphatic carbocycles. The summed E-state index contributed by atoms with van der Waals surface area (Å²) in [5.74, 6) is 0.0791. The van der Waals surface area contributed by atoms with Gasteiger partial charge in [-0.3, -0.25) is 9.52 Å². The fraction of sp³-hybridized carbons (Fsp3) is 0.286. The smallest absolute Gasteiger partial charge is 0.261 e. The zero-order chi connectivity index (χ0) is 22.1. The highest BCUT2D eigenvalue weighted by Crippen LogP contribution is 2.37. The molecule has 1 fully saturated rings. The summed E-state index contributed by atoms with van der Waals surface area (Å²) in [6.45, 7) is 1.70. The number of rotatable bonds is 6. The van der Waals surface area contributed by atoms with Crippen LogP contribution >= 0.6 is 0 Å². The minimum Gasteiger partial charge on any atom is -0.340 e. The molecule has 0 spiro atoms. The number of aryl methyl sites for hydroxylation is 1. The maximum atomic E-state index is 13.0. The van der Waals surface area contributed by atoms with E-state index in [4.69, 9.17) is 4.52 Å². The van der Waals surface area contributed by atoms with Crippen LogP contribution in [0.3, 0.4) is 0 Å². The number of benzene rings is 2. The highest BCUT2D eigenvalue weighted by molar-refractivity contribution is 7.92. The van der Waals surface area contributed by atoms with Crippen molar-refractivity contribution in [2.75, 3.05) is 4.72 Å². The van der Waals surface area contributed by atoms with E-state index in [2.05, 4.69) is 20.2 Å². The van der Waals surface area contributed by atoms with Crippen LogP contribution in [0.25, 0.3) is 0 Å². The first kappa shape index (κ1) is 21.0. The van der Waals surface area contributed by atoms with Gasteiger partial charge in [-0.05, 0) is 61.4 Å². The van der Waals surface area contributed by atoms with Gasteiger partial charge in [0.1, 0.15) is 11.4 Å². The average Bonchev–Trinajstić information content (AvgIpc) is 3.38. The quantitative estimate of drug-likeness (QED) is 0.601. The molecule has 0 saturated heterocycles. The van der Waals surface area contributed by atoms with E-state index in [1.165, 1.54) is 36.4 Å². The van der Waals surface area contributed by atoms with E-state index in [0.29, 0.717) is 30.1 Å². The van der Waals surface area contributed by atoms with E-state index in [9.17, 15) is 17.6 Å². The zero-order valence-corrected chi connectivity index (χ0v) is 17.6. The number of amides is 1. The second-order valence-corrected chi connectivity index (χ2v) is 9.20. The van der Waals surface area contributed by atoms with Gasteiger partial charge < -0.3 is 9.84 Å². The Bertz CT molecular complexity index is 1180. The summed E-state index contributed by atoms with van der Waals surface area (Å²) in [6.07, 6.45) is 3.32. The second-order valence-electron chi connectivity index (χ2n) is 7.52. The molecule has 1 saturated carbocycles. The molecule has 31 heavy (non-hydrogen) atoms. The van der Waals surface area contributed by atoms with Crippen molar-refractivity contribution in [3.8, 4) is 0 Å². The molecule has 0 atom stereocenters. The van der Waals surface area contributed by atoms with Crippen molar-refractivity contribution in [3.63, 3.8) is 0 Å². The van der Waals surface area contributed by atoms with Crippen LogP contribution < -0.4 is 10.0 Å². The summed E-state index contributed by atoms with van der Waals surface area (Å²) in [4.78, 5) is 17.1. The van der Waals surface area contributed by atoms with Crippen LogP contribution in [0.2, 0.25) is 0 Å². The predicted octanol–water partition coefficient (Wildman–Crippen LogP) is 3.52. The number of hydrogen-bond donors (Lipinski definition) is 2. The van der Waals surface area contributed by atoms with Gasteiger partial charge in [0.25, 0.3) is 15.9 Å². The van der Waals surface area contributed by atoms with Crippen LogP contribution in [0.15, 0.2) is 57.9 Å². The lowest BCUT2D eigenvalue weighted by atomic mass is 9.96. The van der Waals surface area contributed by atoms with Gasteiger partial charge in [0, 0.05) is 18.2 Å². The van der Waals surface area contributed by atoms with Gasteiger partial charge in [-0.2, -0.15) is 4.98 Å². The highest BCUT2D eigenvalue weighted by atomic mass is 32.2. The number of nitrogens with zero attached hydrogens (tertiary/aromatic N) is 2. The molecule has 1 amide bonds. The predicted molar refractivity (Wildman–Crippen MR) is 110 cm³/mol. The molecule has 3 aromatic rings. The summed E-state index contributed by atoms with van der Waals surface area (Å²) in [6, 6.07) is 10.6. The molecule has 1 heterocycles. The third-order valence-corrected chi connectivity index (χ3v) is 6.69. The van der Waals surface area contributed by atoms with E-state index in [-0.39, 0.29) is 16.5 Å². The Labute approximate surface area is 178 Å². The van der Waals surface area contributed by atoms with Crippen LogP contribution in [0.4, 0.5) is 10.1 Å². The largest absolute Gasteiger partial charge is 0.340 e. The average molecular weight is 444 g/mol. The molecule has 1 aliphatic rings. The molecule has 4 rings (SSSR count). The molecule has 0 bridgehead atoms. The first-order chi connectivity index (χ1) is 14.8. The highest BCUT2D eigenvalue weighted by Gasteiger charge is 2.41. The SMILES string of the molecule is Cc1nc(C2(NC(=O)c3ccc(NS(=O)(=O)c4ccc(F)cc4)cc3)CCCC2)no1. The summed E-state index contributed by atoms with van der Waals surface area (Å²) >= 11 is 0. The molecule has 162 valence electrons. The van der Waals surface area contributed by atoms with Crippen LogP contribution in [-0.2, 0) is 15.6 Å². The third-order valence-electron chi connectivity index (χ3n) is 5.29. The topological polar surface area (TPSA) is 114 Å². The Morgan fingerprint density at radius 3 is 2.29 bits per heavy atom. The van der Waals surface area contributed by atoms with Crippen molar-refractivity contribution < 1.29 is 22.1 Å². The van der Waals surface area contributed by atoms with Crippen molar-refractivity contribution in [3.05, 3.63) is 71.6 Å². The number of carbonyl (C=O) groups is 1. The minimum absolute atomic E-state index is 0.0608. The molecule has 0 aliphatic heterocycles. The zero-order valence-electron chi connectivity index (χ0n) is 16.8. The Morgan fingerprint density at radius 1 is 1.06 bits per heavy atom. The molecule has 0 unspecified atom stereocenters. The van der Waals surface area contributed by atoms with Gasteiger partial charge in [0.15, 0.2) is 5.82 Å². The standard InChI is InChI=1S/C21H21FN4O4S/c1-14-23-20(25-30-14)21(12-2-3-13-21)24-19(27)15-4-8-17(9-5-15)26-31(28,29)18-10-6-16(22)7-11-18/h4-11,26H,2-3,12-13H2,1H3,(H,24,27). The lowest BCUT2D eigenvalue weighted by molar-refractivity contribution is 0.0892. The number of hydrogen-bond acceptors (Lipinski definition) is 6. The summed E-state index contributed by atoms with van der Waals surface area (Å²) in [5, 5.41) is 7.04. The van der Waals surface area contributed by atoms with Gasteiger partial charge in [-0.15, -0.1) is 0 Å². The van der Waals surface area contributed by atoms with Crippen molar-refractivity contribution in [1.82, 2.24) is 15.5 Å². The number of anilines is 1. The Kier molecular flexibility index (Phi) is 5.48. The summed E-state index contributed by atoms with van der Waals surface area (Å²) in [7, 11) is -3.87. The Balaban J connectivity index is 1.48. The lowest BCUT2D eigenvalue weighted by Crippen LogP contribution is -2.44. The number of aromatic nitrogens is 2. The molecular weight excluding hydrogens is 423 g/mol. The Morgan fingerprint density at radius 2 is 1.71 bits per heavy atom. The van der Waals surface area contributed by atoms with Gasteiger partial charge in [-0.1, -0.05) is 18.0 Å². The second kappa shape index (κ2) is 8.10. The van der Waals surface area contributed by atoms with Crippen LogP contribution in [0, 0.1) is 12.7 Å². The van der Waals surface area contributed by atoms with E-state index in [1.807, 2.05) is 0 Å². The van der Waals surface area contributed by atoms with Crippen LogP contribution in [0.1, 0.15) is 47.8 Å². The van der Waals surface area contributed by atoms with E-state index >= 15 is 0 Å². The molecule has 10 heteroatoms. The van der Waals surface area contributed by atoms with Gasteiger partial charge in [-0.25, -0.2) is 12.8 Å². The summed E-state index contributed by atoms with van der Waals surface area (Å²) in [5.41, 5.74) is -0.0148. The minimum atomic E-state index is -3.87. The molecule has 2 N–H and O–H groups in total. The van der Waals surface area contributed by atoms with Gasteiger partial charge in [0.2, 0.25) is 5.89 Å². The first-order valence-electron chi connectivity index (χ1n) is 9.79. The van der Waals surface area contributed by atoms with E-state index in [1.54, 1.807) is 6.92 Å². The normalized spacial score (nSPS) is 15.5. The lowest BCUT2D eigenvalue weighted by Gasteiger charge is -2.26. The van der Waals surface area contributed by atoms with Crippen molar-refractivity contribution in [2.24, 2.45) is 0 Å². The molecule has 0 radical (unpaired) electrons. The first-order valence-corrected chi connectivity index (χ1v) is 11.3. The third kappa shape index (κ3) is 4.43. The molecule has 1 aromatic heterocycles. The van der Waals surface area contributed by atoms with Crippen molar-refractivity contribution in [2.45, 2.75) is 43.0 Å². The number of nitrogens with one attached hydrogen (secondary N) is 2.